The quantitative estimate of drug-likeness (QED) is 0.337. The van der Waals surface area contributed by atoms with Crippen molar-refractivity contribution in [2.24, 2.45) is 34.5 Å². The zero-order valence-corrected chi connectivity index (χ0v) is 19.3. The van der Waals surface area contributed by atoms with Gasteiger partial charge in [0.15, 0.2) is 5.78 Å². The minimum absolute atomic E-state index is 0.0282. The average Bonchev–Trinajstić information content (AvgIpc) is 3.37. The molecule has 1 saturated heterocycles. The largest absolute Gasteiger partial charge is 0.357 e. The summed E-state index contributed by atoms with van der Waals surface area (Å²) >= 11 is 0. The molecule has 29 heavy (non-hydrogen) atoms. The van der Waals surface area contributed by atoms with Gasteiger partial charge in [0.1, 0.15) is 11.7 Å². The number of Topliss-reactive ketones (excluding diaryl/α,β-unsaturated/α-hetero) is 1. The van der Waals surface area contributed by atoms with Crippen LogP contribution in [0.1, 0.15) is 117 Å². The second-order valence-electron chi connectivity index (χ2n) is 12.1. The van der Waals surface area contributed by atoms with Gasteiger partial charge in [0, 0.05) is 11.8 Å². The Labute approximate surface area is 178 Å². The highest BCUT2D eigenvalue weighted by molar-refractivity contribution is 5.88. The molecule has 5 aliphatic rings. The monoisotopic (exact) mass is 400 g/mol. The lowest BCUT2D eigenvalue weighted by molar-refractivity contribution is -0.131. The summed E-state index contributed by atoms with van der Waals surface area (Å²) in [4.78, 5) is 12.3. The summed E-state index contributed by atoms with van der Waals surface area (Å²) in [6, 6.07) is 0. The fraction of sp³-hybridized carbons (Fsp3) is 0.963. The first kappa shape index (κ1) is 20.5. The molecule has 5 fully saturated rings. The maximum atomic E-state index is 12.3. The van der Waals surface area contributed by atoms with Crippen molar-refractivity contribution in [3.05, 3.63) is 0 Å². The molecule has 0 radical (unpaired) electrons. The predicted molar refractivity (Wildman–Crippen MR) is 118 cm³/mol. The Hall–Kier alpha value is -0.370. The van der Waals surface area contributed by atoms with Crippen LogP contribution in [-0.4, -0.2) is 17.5 Å². The van der Waals surface area contributed by atoms with Gasteiger partial charge in [0.2, 0.25) is 0 Å². The predicted octanol–water partition coefficient (Wildman–Crippen LogP) is 7.10. The van der Waals surface area contributed by atoms with Crippen molar-refractivity contribution in [1.29, 1.82) is 0 Å². The van der Waals surface area contributed by atoms with Gasteiger partial charge in [-0.15, -0.1) is 0 Å². The fourth-order valence-electron chi connectivity index (χ4n) is 9.25. The third-order valence-electron chi connectivity index (χ3n) is 11.1. The van der Waals surface area contributed by atoms with E-state index in [0.29, 0.717) is 11.2 Å². The van der Waals surface area contributed by atoms with Gasteiger partial charge in [-0.25, -0.2) is 0 Å². The van der Waals surface area contributed by atoms with E-state index in [1.165, 1.54) is 77.0 Å². The lowest BCUT2D eigenvalue weighted by atomic mass is 9.44. The maximum Gasteiger partial charge on any atom is 0.164 e. The topological polar surface area (TPSA) is 29.6 Å². The van der Waals surface area contributed by atoms with Gasteiger partial charge in [0.05, 0.1) is 0 Å². The van der Waals surface area contributed by atoms with Crippen molar-refractivity contribution < 1.29 is 9.53 Å². The van der Waals surface area contributed by atoms with Crippen LogP contribution in [0.4, 0.5) is 0 Å². The molecule has 0 aromatic rings. The lowest BCUT2D eigenvalue weighted by Gasteiger charge is -2.59. The Balaban J connectivity index is 1.24. The first-order chi connectivity index (χ1) is 14.0. The standard InChI is InChI=1S/C27H44O2/c1-4-5-6-7-8-9-10-19-11-12-21-20-13-18-27-24(29-27)23(28)15-17-26(27,3)22(20)14-16-25(19,21)2/h19-22,24H,4-18H2,1-3H3/t19?,20-,21-,22-,24-,25+,26+,27-/m0/s1. The molecule has 5 rings (SSSR count). The molecule has 1 spiro atoms. The smallest absolute Gasteiger partial charge is 0.164 e. The number of carbonyl (C=O) groups is 1. The van der Waals surface area contributed by atoms with Gasteiger partial charge in [-0.2, -0.15) is 0 Å². The second kappa shape index (κ2) is 7.35. The van der Waals surface area contributed by atoms with Crippen molar-refractivity contribution in [2.75, 3.05) is 0 Å². The van der Waals surface area contributed by atoms with Crippen LogP contribution in [0.25, 0.3) is 0 Å². The summed E-state index contributed by atoms with van der Waals surface area (Å²) in [5, 5.41) is 0. The third kappa shape index (κ3) is 2.94. The number of unbranched alkanes of at least 4 members (excludes halogenated alkanes) is 5. The summed E-state index contributed by atoms with van der Waals surface area (Å²) in [6.45, 7) is 7.50. The third-order valence-corrected chi connectivity index (χ3v) is 11.1. The van der Waals surface area contributed by atoms with E-state index < -0.39 is 0 Å². The van der Waals surface area contributed by atoms with E-state index in [-0.39, 0.29) is 17.1 Å². The highest BCUT2D eigenvalue weighted by Gasteiger charge is 2.76. The SMILES string of the molecule is CCCCCCCCC1CC[C@H]2[C@@H]3CC[C@]45O[C@H]4C(=O)CC[C@]5(C)[C@H]3CC[C@]12C. The molecule has 0 bridgehead atoms. The van der Waals surface area contributed by atoms with Crippen LogP contribution in [-0.2, 0) is 9.53 Å². The Morgan fingerprint density at radius 2 is 1.69 bits per heavy atom. The van der Waals surface area contributed by atoms with Gasteiger partial charge >= 0.3 is 0 Å². The Morgan fingerprint density at radius 3 is 2.52 bits per heavy atom. The Morgan fingerprint density at radius 1 is 0.897 bits per heavy atom. The number of carbonyl (C=O) groups excluding carboxylic acids is 1. The molecule has 1 unspecified atom stereocenters. The van der Waals surface area contributed by atoms with Crippen LogP contribution < -0.4 is 0 Å². The van der Waals surface area contributed by atoms with Gasteiger partial charge in [-0.05, 0) is 80.5 Å². The number of hydrogen-bond acceptors (Lipinski definition) is 2. The molecular weight excluding hydrogens is 356 g/mol. The van der Waals surface area contributed by atoms with Crippen LogP contribution in [0.5, 0.6) is 0 Å². The molecule has 1 heterocycles. The van der Waals surface area contributed by atoms with Gasteiger partial charge < -0.3 is 4.74 Å². The van der Waals surface area contributed by atoms with E-state index in [1.807, 2.05) is 0 Å². The number of ketones is 1. The Kier molecular flexibility index (Phi) is 5.20. The van der Waals surface area contributed by atoms with Crippen molar-refractivity contribution >= 4 is 5.78 Å². The molecule has 4 aliphatic carbocycles. The molecule has 8 atom stereocenters. The first-order valence-corrected chi connectivity index (χ1v) is 13.2. The Bertz CT molecular complexity index is 642. The summed E-state index contributed by atoms with van der Waals surface area (Å²) in [7, 11) is 0. The normalized spacial score (nSPS) is 50.4. The van der Waals surface area contributed by atoms with E-state index >= 15 is 0 Å². The maximum absolute atomic E-state index is 12.3. The molecular formula is C27H44O2. The molecule has 1 aliphatic heterocycles. The first-order valence-electron chi connectivity index (χ1n) is 13.2. The van der Waals surface area contributed by atoms with Crippen molar-refractivity contribution in [1.82, 2.24) is 0 Å². The van der Waals surface area contributed by atoms with Crippen molar-refractivity contribution in [3.63, 3.8) is 0 Å². The van der Waals surface area contributed by atoms with Crippen LogP contribution in [0.15, 0.2) is 0 Å². The average molecular weight is 401 g/mol. The van der Waals surface area contributed by atoms with E-state index in [4.69, 9.17) is 4.74 Å². The van der Waals surface area contributed by atoms with Crippen LogP contribution in [0, 0.1) is 34.5 Å². The molecule has 164 valence electrons. The van der Waals surface area contributed by atoms with E-state index in [0.717, 1.165) is 42.9 Å². The second-order valence-corrected chi connectivity index (χ2v) is 12.1. The summed E-state index contributed by atoms with van der Waals surface area (Å²) in [6.07, 6.45) is 20.2. The van der Waals surface area contributed by atoms with Crippen LogP contribution in [0.3, 0.4) is 0 Å². The number of hydrogen-bond donors (Lipinski definition) is 0. The summed E-state index contributed by atoms with van der Waals surface area (Å²) in [5.41, 5.74) is 0.820. The lowest BCUT2D eigenvalue weighted by Crippen LogP contribution is -2.58. The number of epoxide rings is 1. The zero-order valence-electron chi connectivity index (χ0n) is 19.3. The summed E-state index contributed by atoms with van der Waals surface area (Å²) < 4.78 is 6.24. The number of fused-ring (bicyclic) bond motifs is 4. The summed E-state index contributed by atoms with van der Waals surface area (Å²) in [5.74, 6) is 4.02. The molecule has 0 aromatic heterocycles. The number of rotatable bonds is 7. The molecule has 4 saturated carbocycles. The molecule has 0 aromatic carbocycles. The molecule has 2 nitrogen and oxygen atoms in total. The van der Waals surface area contributed by atoms with Gasteiger partial charge in [0.25, 0.3) is 0 Å². The van der Waals surface area contributed by atoms with Crippen LogP contribution >= 0.6 is 0 Å². The van der Waals surface area contributed by atoms with Gasteiger partial charge in [-0.3, -0.25) is 4.79 Å². The molecule has 0 N–H and O–H groups in total. The van der Waals surface area contributed by atoms with E-state index in [1.54, 1.807) is 0 Å². The van der Waals surface area contributed by atoms with Crippen molar-refractivity contribution in [3.8, 4) is 0 Å². The van der Waals surface area contributed by atoms with E-state index in [9.17, 15) is 4.79 Å². The van der Waals surface area contributed by atoms with E-state index in [2.05, 4.69) is 20.8 Å². The molecule has 0 amide bonds. The van der Waals surface area contributed by atoms with Crippen LogP contribution in [0.2, 0.25) is 0 Å². The minimum atomic E-state index is -0.0479. The number of ether oxygens (including phenoxy) is 1. The highest BCUT2D eigenvalue weighted by atomic mass is 16.6. The van der Waals surface area contributed by atoms with Gasteiger partial charge in [-0.1, -0.05) is 59.3 Å². The minimum Gasteiger partial charge on any atom is -0.357 e. The van der Waals surface area contributed by atoms with Crippen molar-refractivity contribution in [2.45, 2.75) is 129 Å². The molecule has 2 heteroatoms. The fourth-order valence-corrected chi connectivity index (χ4v) is 9.25. The highest BCUT2D eigenvalue weighted by Crippen LogP contribution is 2.72. The zero-order chi connectivity index (χ0) is 20.3.